The highest BCUT2D eigenvalue weighted by molar-refractivity contribution is 5.61. The predicted octanol–water partition coefficient (Wildman–Crippen LogP) is 4.18. The highest BCUT2D eigenvalue weighted by Gasteiger charge is 2.12. The molecule has 0 aliphatic rings. The van der Waals surface area contributed by atoms with Gasteiger partial charge in [-0.3, -0.25) is 9.13 Å². The molecule has 0 saturated carbocycles. The quantitative estimate of drug-likeness (QED) is 0.480. The molecule has 0 unspecified atom stereocenters. The fraction of sp³-hybridized carbons (Fsp3) is 0. The van der Waals surface area contributed by atoms with Gasteiger partial charge in [0.15, 0.2) is 11.6 Å². The van der Waals surface area contributed by atoms with E-state index in [4.69, 9.17) is 0 Å². The lowest BCUT2D eigenvalue weighted by Crippen LogP contribution is -2.00. The van der Waals surface area contributed by atoms with E-state index in [0.717, 1.165) is 34.2 Å². The summed E-state index contributed by atoms with van der Waals surface area (Å²) in [5.41, 5.74) is 3.96. The summed E-state index contributed by atoms with van der Waals surface area (Å²) in [5.74, 6) is 1.59. The molecule has 6 nitrogen and oxygen atoms in total. The molecular weight excluding hydrogens is 348 g/mol. The first-order valence-corrected chi connectivity index (χ1v) is 8.92. The van der Waals surface area contributed by atoms with E-state index in [1.807, 2.05) is 88.0 Å². The summed E-state index contributed by atoms with van der Waals surface area (Å²) in [6.45, 7) is 0. The van der Waals surface area contributed by atoms with Crippen molar-refractivity contribution >= 4 is 0 Å². The van der Waals surface area contributed by atoms with Crippen molar-refractivity contribution < 1.29 is 0 Å². The van der Waals surface area contributed by atoms with Crippen LogP contribution in [0.15, 0.2) is 97.6 Å². The molecule has 3 aromatic carbocycles. The number of hydrogen-bond donors (Lipinski definition) is 0. The molecule has 0 radical (unpaired) electrons. The Kier molecular flexibility index (Phi) is 3.99. The Morgan fingerprint density at radius 3 is 1.43 bits per heavy atom. The molecule has 5 rings (SSSR count). The predicted molar refractivity (Wildman–Crippen MR) is 107 cm³/mol. The molecule has 0 bridgehead atoms. The zero-order valence-corrected chi connectivity index (χ0v) is 14.9. The molecule has 6 heteroatoms. The Bertz CT molecular complexity index is 1120. The van der Waals surface area contributed by atoms with Crippen LogP contribution in [0.3, 0.4) is 0 Å². The molecular formula is C22H16N6. The third-order valence-corrected chi connectivity index (χ3v) is 4.55. The second-order valence-electron chi connectivity index (χ2n) is 6.30. The standard InChI is InChI=1S/C22H16N6/c1-3-8-17(9-4-1)21-25-23-15-27(21)19-12-7-13-20(14-19)28-16-24-26-22(28)18-10-5-2-6-11-18/h1-16H. The zero-order chi connectivity index (χ0) is 18.8. The summed E-state index contributed by atoms with van der Waals surface area (Å²) in [7, 11) is 0. The van der Waals surface area contributed by atoms with E-state index in [2.05, 4.69) is 26.5 Å². The Labute approximate surface area is 161 Å². The summed E-state index contributed by atoms with van der Waals surface area (Å²) in [4.78, 5) is 0. The van der Waals surface area contributed by atoms with E-state index in [0.29, 0.717) is 0 Å². The van der Waals surface area contributed by atoms with Gasteiger partial charge in [-0.15, -0.1) is 20.4 Å². The topological polar surface area (TPSA) is 61.4 Å². The summed E-state index contributed by atoms with van der Waals surface area (Å²) < 4.78 is 3.96. The molecule has 0 amide bonds. The summed E-state index contributed by atoms with van der Waals surface area (Å²) in [6, 6.07) is 28.2. The molecule has 2 aromatic heterocycles. The Balaban J connectivity index is 1.59. The van der Waals surface area contributed by atoms with Crippen LogP contribution in [0.5, 0.6) is 0 Å². The van der Waals surface area contributed by atoms with Crippen molar-refractivity contribution in [2.24, 2.45) is 0 Å². The Hall–Kier alpha value is -4.06. The zero-order valence-electron chi connectivity index (χ0n) is 14.9. The van der Waals surface area contributed by atoms with Gasteiger partial charge >= 0.3 is 0 Å². The average molecular weight is 364 g/mol. The van der Waals surface area contributed by atoms with Crippen molar-refractivity contribution in [1.29, 1.82) is 0 Å². The Morgan fingerprint density at radius 1 is 0.500 bits per heavy atom. The Morgan fingerprint density at radius 2 is 0.964 bits per heavy atom. The lowest BCUT2D eigenvalue weighted by molar-refractivity contribution is 1.03. The van der Waals surface area contributed by atoms with Crippen LogP contribution in [0.1, 0.15) is 0 Å². The summed E-state index contributed by atoms with van der Waals surface area (Å²) >= 11 is 0. The van der Waals surface area contributed by atoms with Gasteiger partial charge in [-0.1, -0.05) is 66.7 Å². The monoisotopic (exact) mass is 364 g/mol. The first kappa shape index (κ1) is 16.1. The fourth-order valence-corrected chi connectivity index (χ4v) is 3.21. The van der Waals surface area contributed by atoms with Gasteiger partial charge in [0.1, 0.15) is 12.7 Å². The SMILES string of the molecule is c1ccc(-c2nncn2-c2cccc(-n3cnnc3-c3ccccc3)c2)cc1. The van der Waals surface area contributed by atoms with Gasteiger partial charge in [0, 0.05) is 11.1 Å². The van der Waals surface area contributed by atoms with Gasteiger partial charge < -0.3 is 0 Å². The molecule has 0 saturated heterocycles. The third kappa shape index (κ3) is 2.87. The highest BCUT2D eigenvalue weighted by Crippen LogP contribution is 2.24. The van der Waals surface area contributed by atoms with Crippen LogP contribution in [0, 0.1) is 0 Å². The summed E-state index contributed by atoms with van der Waals surface area (Å²) in [6.07, 6.45) is 3.46. The van der Waals surface area contributed by atoms with Crippen LogP contribution in [0.25, 0.3) is 34.2 Å². The molecule has 0 spiro atoms. The van der Waals surface area contributed by atoms with E-state index < -0.39 is 0 Å². The maximum Gasteiger partial charge on any atom is 0.168 e. The van der Waals surface area contributed by atoms with E-state index in [1.54, 1.807) is 12.7 Å². The van der Waals surface area contributed by atoms with Crippen molar-refractivity contribution in [3.63, 3.8) is 0 Å². The largest absolute Gasteiger partial charge is 0.282 e. The number of benzene rings is 3. The maximum absolute atomic E-state index is 4.30. The van der Waals surface area contributed by atoms with Gasteiger partial charge in [-0.2, -0.15) is 0 Å². The lowest BCUT2D eigenvalue weighted by atomic mass is 10.2. The van der Waals surface area contributed by atoms with Crippen LogP contribution in [-0.4, -0.2) is 29.5 Å². The van der Waals surface area contributed by atoms with Crippen LogP contribution < -0.4 is 0 Å². The maximum atomic E-state index is 4.30. The van der Waals surface area contributed by atoms with E-state index in [9.17, 15) is 0 Å². The molecule has 134 valence electrons. The first-order chi connectivity index (χ1) is 13.9. The second kappa shape index (κ2) is 6.92. The van der Waals surface area contributed by atoms with Gasteiger partial charge in [-0.05, 0) is 18.2 Å². The molecule has 5 aromatic rings. The number of hydrogen-bond acceptors (Lipinski definition) is 4. The van der Waals surface area contributed by atoms with Crippen molar-refractivity contribution in [2.75, 3.05) is 0 Å². The number of aromatic nitrogens is 6. The molecule has 28 heavy (non-hydrogen) atoms. The summed E-state index contributed by atoms with van der Waals surface area (Å²) in [5, 5.41) is 16.8. The second-order valence-corrected chi connectivity index (χ2v) is 6.30. The third-order valence-electron chi connectivity index (χ3n) is 4.55. The minimum absolute atomic E-state index is 0.796. The van der Waals surface area contributed by atoms with Crippen LogP contribution in [-0.2, 0) is 0 Å². The lowest BCUT2D eigenvalue weighted by Gasteiger charge is -2.11. The van der Waals surface area contributed by atoms with E-state index >= 15 is 0 Å². The first-order valence-electron chi connectivity index (χ1n) is 8.92. The molecule has 0 aliphatic carbocycles. The normalized spacial score (nSPS) is 10.9. The minimum atomic E-state index is 0.796. The van der Waals surface area contributed by atoms with Crippen molar-refractivity contribution in [3.05, 3.63) is 97.6 Å². The van der Waals surface area contributed by atoms with Gasteiger partial charge in [0.25, 0.3) is 0 Å². The smallest absolute Gasteiger partial charge is 0.168 e. The van der Waals surface area contributed by atoms with E-state index in [1.165, 1.54) is 0 Å². The molecule has 0 N–H and O–H groups in total. The van der Waals surface area contributed by atoms with Gasteiger partial charge in [-0.25, -0.2) is 0 Å². The van der Waals surface area contributed by atoms with Crippen molar-refractivity contribution in [1.82, 2.24) is 29.5 Å². The molecule has 2 heterocycles. The molecule has 0 aliphatic heterocycles. The van der Waals surface area contributed by atoms with Gasteiger partial charge in [0.05, 0.1) is 11.4 Å². The minimum Gasteiger partial charge on any atom is -0.282 e. The fourth-order valence-electron chi connectivity index (χ4n) is 3.21. The van der Waals surface area contributed by atoms with Crippen LogP contribution in [0.4, 0.5) is 0 Å². The highest BCUT2D eigenvalue weighted by atomic mass is 15.3. The number of nitrogens with zero attached hydrogens (tertiary/aromatic N) is 6. The number of rotatable bonds is 4. The molecule has 0 atom stereocenters. The average Bonchev–Trinajstić information content (AvgIpc) is 3.45. The van der Waals surface area contributed by atoms with Crippen LogP contribution >= 0.6 is 0 Å². The van der Waals surface area contributed by atoms with Crippen molar-refractivity contribution in [2.45, 2.75) is 0 Å². The van der Waals surface area contributed by atoms with Crippen LogP contribution in [0.2, 0.25) is 0 Å². The van der Waals surface area contributed by atoms with Gasteiger partial charge in [0.2, 0.25) is 0 Å². The van der Waals surface area contributed by atoms with E-state index in [-0.39, 0.29) is 0 Å². The van der Waals surface area contributed by atoms with Crippen molar-refractivity contribution in [3.8, 4) is 34.2 Å². The molecule has 0 fully saturated rings.